The second-order valence-corrected chi connectivity index (χ2v) is 5.04. The van der Waals surface area contributed by atoms with Gasteiger partial charge in [0.05, 0.1) is 19.1 Å². The Kier molecular flexibility index (Phi) is 5.77. The lowest BCUT2D eigenvalue weighted by Crippen LogP contribution is -2.30. The zero-order chi connectivity index (χ0) is 18.4. The molecule has 10 heteroatoms. The first-order valence-corrected chi connectivity index (χ1v) is 7.37. The number of rotatable bonds is 8. The van der Waals surface area contributed by atoms with Crippen molar-refractivity contribution < 1.29 is 19.2 Å². The molecule has 25 heavy (non-hydrogen) atoms. The van der Waals surface area contributed by atoms with Gasteiger partial charge in [0, 0.05) is 44.0 Å². The van der Waals surface area contributed by atoms with Crippen LogP contribution in [0.1, 0.15) is 10.5 Å². The largest absolute Gasteiger partial charge is 0.497 e. The predicted octanol–water partition coefficient (Wildman–Crippen LogP) is 1.19. The summed E-state index contributed by atoms with van der Waals surface area (Å²) in [5.41, 5.74) is 0.343. The second-order valence-electron chi connectivity index (χ2n) is 5.04. The van der Waals surface area contributed by atoms with Crippen LogP contribution in [0.2, 0.25) is 0 Å². The van der Waals surface area contributed by atoms with Gasteiger partial charge in [-0.25, -0.2) is 0 Å². The van der Waals surface area contributed by atoms with Crippen LogP contribution in [0.4, 0.5) is 11.4 Å². The van der Waals surface area contributed by atoms with Gasteiger partial charge in [-0.2, -0.15) is 5.10 Å². The summed E-state index contributed by atoms with van der Waals surface area (Å²) in [6.07, 6.45) is 1.05. The monoisotopic (exact) mass is 349 g/mol. The number of nitrogens with one attached hydrogen (secondary N) is 2. The van der Waals surface area contributed by atoms with Crippen LogP contribution in [-0.2, 0) is 7.05 Å². The Morgan fingerprint density at radius 1 is 1.24 bits per heavy atom. The van der Waals surface area contributed by atoms with E-state index in [4.69, 9.17) is 9.47 Å². The number of aromatic nitrogens is 2. The Hall–Kier alpha value is -3.30. The van der Waals surface area contributed by atoms with E-state index in [1.165, 1.54) is 11.7 Å². The Bertz CT molecular complexity index is 751. The predicted molar refractivity (Wildman–Crippen MR) is 90.2 cm³/mol. The maximum absolute atomic E-state index is 12.1. The van der Waals surface area contributed by atoms with Gasteiger partial charge < -0.3 is 20.1 Å². The molecule has 0 fully saturated rings. The molecular formula is C15H19N5O5. The molecule has 1 aromatic heterocycles. The molecular weight excluding hydrogens is 330 g/mol. The Morgan fingerprint density at radius 2 is 1.88 bits per heavy atom. The molecule has 134 valence electrons. The Labute approximate surface area is 143 Å². The summed E-state index contributed by atoms with van der Waals surface area (Å²) in [6.45, 7) is 0.675. The number of hydrogen-bond acceptors (Lipinski definition) is 7. The van der Waals surface area contributed by atoms with E-state index in [1.54, 1.807) is 32.4 Å². The van der Waals surface area contributed by atoms with Gasteiger partial charge in [-0.3, -0.25) is 19.6 Å². The van der Waals surface area contributed by atoms with Crippen molar-refractivity contribution in [2.75, 3.05) is 32.6 Å². The van der Waals surface area contributed by atoms with Crippen LogP contribution in [0.15, 0.2) is 24.4 Å². The van der Waals surface area contributed by atoms with Crippen molar-refractivity contribution in [2.45, 2.75) is 0 Å². The minimum atomic E-state index is -0.636. The fourth-order valence-electron chi connectivity index (χ4n) is 2.20. The van der Waals surface area contributed by atoms with Crippen LogP contribution in [-0.4, -0.2) is 47.9 Å². The molecule has 0 saturated carbocycles. The van der Waals surface area contributed by atoms with Gasteiger partial charge >= 0.3 is 5.69 Å². The molecule has 0 atom stereocenters. The number of carbonyl (C=O) groups excluding carboxylic acids is 1. The molecule has 0 saturated heterocycles. The number of hydrogen-bond donors (Lipinski definition) is 2. The fourth-order valence-corrected chi connectivity index (χ4v) is 2.20. The minimum Gasteiger partial charge on any atom is -0.497 e. The highest BCUT2D eigenvalue weighted by atomic mass is 16.6. The number of methoxy groups -OCH3 is 2. The fraction of sp³-hybridized carbons (Fsp3) is 0.333. The minimum absolute atomic E-state index is 0.0898. The highest BCUT2D eigenvalue weighted by Crippen LogP contribution is 2.25. The molecule has 2 aromatic rings. The Balaban J connectivity index is 1.92. The smallest absolute Gasteiger partial charge is 0.320 e. The van der Waals surface area contributed by atoms with Gasteiger partial charge in [-0.05, 0) is 0 Å². The lowest BCUT2D eigenvalue weighted by atomic mass is 10.2. The molecule has 0 spiro atoms. The van der Waals surface area contributed by atoms with Crippen molar-refractivity contribution in [1.82, 2.24) is 15.1 Å². The summed E-state index contributed by atoms with van der Waals surface area (Å²) < 4.78 is 11.5. The quantitative estimate of drug-likeness (QED) is 0.417. The third-order valence-electron chi connectivity index (χ3n) is 3.42. The zero-order valence-corrected chi connectivity index (χ0v) is 14.1. The highest BCUT2D eigenvalue weighted by Gasteiger charge is 2.24. The van der Waals surface area contributed by atoms with Crippen LogP contribution in [0.3, 0.4) is 0 Å². The van der Waals surface area contributed by atoms with Crippen molar-refractivity contribution in [3.05, 3.63) is 40.2 Å². The maximum Gasteiger partial charge on any atom is 0.320 e. The molecule has 0 aliphatic rings. The van der Waals surface area contributed by atoms with E-state index in [9.17, 15) is 14.9 Å². The van der Waals surface area contributed by atoms with Crippen LogP contribution < -0.4 is 20.1 Å². The molecule has 2 rings (SSSR count). The number of aryl methyl sites for hydroxylation is 1. The third kappa shape index (κ3) is 4.37. The van der Waals surface area contributed by atoms with Crippen molar-refractivity contribution in [3.8, 4) is 11.5 Å². The van der Waals surface area contributed by atoms with Gasteiger partial charge in [0.15, 0.2) is 0 Å². The summed E-state index contributed by atoms with van der Waals surface area (Å²) in [5, 5.41) is 20.4. The van der Waals surface area contributed by atoms with Crippen molar-refractivity contribution in [2.24, 2.45) is 7.05 Å². The average molecular weight is 349 g/mol. The molecule has 1 heterocycles. The van der Waals surface area contributed by atoms with Crippen molar-refractivity contribution in [3.63, 3.8) is 0 Å². The Morgan fingerprint density at radius 3 is 2.44 bits per heavy atom. The van der Waals surface area contributed by atoms with E-state index in [0.29, 0.717) is 18.0 Å². The summed E-state index contributed by atoms with van der Waals surface area (Å²) in [7, 11) is 4.59. The van der Waals surface area contributed by atoms with Gasteiger partial charge in [-0.15, -0.1) is 0 Å². The molecule has 0 radical (unpaired) electrons. The van der Waals surface area contributed by atoms with Gasteiger partial charge in [-0.1, -0.05) is 0 Å². The molecule has 1 aromatic carbocycles. The highest BCUT2D eigenvalue weighted by molar-refractivity contribution is 5.96. The van der Waals surface area contributed by atoms with Gasteiger partial charge in [0.1, 0.15) is 17.7 Å². The normalized spacial score (nSPS) is 10.2. The SMILES string of the molecule is COc1cc(NCCNC(=O)c2c([N+](=O)[O-])cnn2C)cc(OC)c1. The lowest BCUT2D eigenvalue weighted by molar-refractivity contribution is -0.385. The molecule has 0 unspecified atom stereocenters. The number of nitrogens with zero attached hydrogens (tertiary/aromatic N) is 3. The van der Waals surface area contributed by atoms with Crippen LogP contribution >= 0.6 is 0 Å². The number of benzene rings is 1. The molecule has 2 N–H and O–H groups in total. The topological polar surface area (TPSA) is 121 Å². The summed E-state index contributed by atoms with van der Waals surface area (Å²) in [5.74, 6) is 0.713. The van der Waals surface area contributed by atoms with E-state index in [2.05, 4.69) is 15.7 Å². The van der Waals surface area contributed by atoms with Crippen LogP contribution in [0.25, 0.3) is 0 Å². The van der Waals surface area contributed by atoms with E-state index < -0.39 is 10.8 Å². The van der Waals surface area contributed by atoms with Gasteiger partial charge in [0.25, 0.3) is 5.91 Å². The van der Waals surface area contributed by atoms with Crippen molar-refractivity contribution >= 4 is 17.3 Å². The second kappa shape index (κ2) is 7.99. The molecule has 0 aliphatic heterocycles. The number of amides is 1. The van der Waals surface area contributed by atoms with Gasteiger partial charge in [0.2, 0.25) is 5.69 Å². The maximum atomic E-state index is 12.1. The van der Waals surface area contributed by atoms with E-state index in [0.717, 1.165) is 11.9 Å². The number of carbonyl (C=O) groups is 1. The van der Waals surface area contributed by atoms with E-state index in [-0.39, 0.29) is 17.9 Å². The first kappa shape index (κ1) is 18.0. The molecule has 0 bridgehead atoms. The van der Waals surface area contributed by atoms with E-state index in [1.807, 2.05) is 0 Å². The van der Waals surface area contributed by atoms with E-state index >= 15 is 0 Å². The number of anilines is 1. The summed E-state index contributed by atoms with van der Waals surface area (Å²) in [4.78, 5) is 22.4. The third-order valence-corrected chi connectivity index (χ3v) is 3.42. The summed E-state index contributed by atoms with van der Waals surface area (Å²) >= 11 is 0. The molecule has 10 nitrogen and oxygen atoms in total. The zero-order valence-electron chi connectivity index (χ0n) is 14.1. The first-order valence-electron chi connectivity index (χ1n) is 7.37. The standard InChI is InChI=1S/C15H19N5O5/c1-19-14(13(9-18-19)20(22)23)15(21)17-5-4-16-10-6-11(24-2)8-12(7-10)25-3/h6-9,16H,4-5H2,1-3H3,(H,17,21). The summed E-state index contributed by atoms with van der Waals surface area (Å²) in [6, 6.07) is 5.32. The molecule has 0 aliphatic carbocycles. The molecule has 1 amide bonds. The first-order chi connectivity index (χ1) is 12.0. The lowest BCUT2D eigenvalue weighted by Gasteiger charge is -2.11. The van der Waals surface area contributed by atoms with Crippen LogP contribution in [0.5, 0.6) is 11.5 Å². The number of ether oxygens (including phenoxy) is 2. The van der Waals surface area contributed by atoms with Crippen LogP contribution in [0, 0.1) is 10.1 Å². The number of nitro groups is 1. The van der Waals surface area contributed by atoms with Crippen molar-refractivity contribution in [1.29, 1.82) is 0 Å². The average Bonchev–Trinajstić information content (AvgIpc) is 3.00.